The van der Waals surface area contributed by atoms with Gasteiger partial charge < -0.3 is 24.1 Å². The molecule has 0 spiro atoms. The van der Waals surface area contributed by atoms with Crippen molar-refractivity contribution in [2.24, 2.45) is 0 Å². The van der Waals surface area contributed by atoms with Crippen LogP contribution in [0.25, 0.3) is 0 Å². The number of anilines is 1. The van der Waals surface area contributed by atoms with Crippen LogP contribution < -0.4 is 14.4 Å². The Morgan fingerprint density at radius 2 is 1.44 bits per heavy atom. The van der Waals surface area contributed by atoms with Gasteiger partial charge in [-0.05, 0) is 62.9 Å². The Morgan fingerprint density at radius 1 is 0.860 bits per heavy atom. The van der Waals surface area contributed by atoms with Gasteiger partial charge in [0.1, 0.15) is 0 Å². The number of halogens is 6. The zero-order chi connectivity index (χ0) is 37.1. The van der Waals surface area contributed by atoms with Gasteiger partial charge in [0.05, 0.1) is 50.3 Å². The molecule has 1 heterocycles. The van der Waals surface area contributed by atoms with Crippen molar-refractivity contribution in [3.8, 4) is 11.5 Å². The van der Waals surface area contributed by atoms with Gasteiger partial charge >= 0.3 is 24.5 Å². The maximum atomic E-state index is 13.7. The predicted molar refractivity (Wildman–Crippen MR) is 173 cm³/mol. The normalized spacial score (nSPS) is 16.1. The smallest absolute Gasteiger partial charge is 0.416 e. The second kappa shape index (κ2) is 18.4. The number of carbonyl (C=O) groups excluding carboxylic acids is 2. The Balaban J connectivity index is 1.98. The molecule has 0 saturated carbocycles. The van der Waals surface area contributed by atoms with Gasteiger partial charge in [-0.15, -0.1) is 0 Å². The number of hydrogen-bond acceptors (Lipinski definition) is 7. The van der Waals surface area contributed by atoms with Crippen LogP contribution in [-0.4, -0.2) is 62.3 Å². The zero-order valence-electron chi connectivity index (χ0n) is 28.8. The number of hydrogen-bond donors (Lipinski definition) is 1. The molecule has 2 aromatic rings. The number of aliphatic hydroxyl groups excluding tert-OH is 1. The molecule has 1 aliphatic rings. The lowest BCUT2D eigenvalue weighted by molar-refractivity contribution is -0.143. The highest BCUT2D eigenvalue weighted by Crippen LogP contribution is 2.47. The second-order valence-electron chi connectivity index (χ2n) is 12.1. The number of amides is 2. The van der Waals surface area contributed by atoms with Gasteiger partial charge in [0.2, 0.25) is 0 Å². The van der Waals surface area contributed by atoms with Crippen molar-refractivity contribution in [1.82, 2.24) is 4.90 Å². The number of aliphatic hydroxyl groups is 1. The molecule has 15 heteroatoms. The Hall–Kier alpha value is -3.88. The van der Waals surface area contributed by atoms with E-state index < -0.39 is 59.9 Å². The highest BCUT2D eigenvalue weighted by atomic mass is 19.4. The lowest BCUT2D eigenvalue weighted by atomic mass is 9.90. The van der Waals surface area contributed by atoms with E-state index in [0.717, 1.165) is 63.4 Å². The summed E-state index contributed by atoms with van der Waals surface area (Å²) in [7, 11) is 2.45. The fraction of sp³-hybridized carbons (Fsp3) is 0.600. The van der Waals surface area contributed by atoms with E-state index in [1.54, 1.807) is 26.0 Å². The van der Waals surface area contributed by atoms with Gasteiger partial charge in [0.15, 0.2) is 11.5 Å². The highest BCUT2D eigenvalue weighted by molar-refractivity contribution is 5.91. The number of unbranched alkanes of at least 4 members (excludes halogenated alkanes) is 7. The third-order valence-electron chi connectivity index (χ3n) is 8.50. The third-order valence-corrected chi connectivity index (χ3v) is 8.50. The van der Waals surface area contributed by atoms with Crippen molar-refractivity contribution in [2.75, 3.05) is 38.9 Å². The monoisotopic (exact) mass is 720 g/mol. The van der Waals surface area contributed by atoms with E-state index >= 15 is 0 Å². The lowest BCUT2D eigenvalue weighted by Gasteiger charge is -2.42. The van der Waals surface area contributed by atoms with Crippen molar-refractivity contribution in [2.45, 2.75) is 103 Å². The van der Waals surface area contributed by atoms with Crippen LogP contribution in [0.1, 0.15) is 99.9 Å². The molecule has 280 valence electrons. The fourth-order valence-corrected chi connectivity index (χ4v) is 6.06. The van der Waals surface area contributed by atoms with Crippen molar-refractivity contribution >= 4 is 17.9 Å². The summed E-state index contributed by atoms with van der Waals surface area (Å²) in [5.41, 5.74) is -2.84. The van der Waals surface area contributed by atoms with Crippen LogP contribution in [0.5, 0.6) is 11.5 Å². The minimum atomic E-state index is -5.08. The molecule has 0 fully saturated rings. The van der Waals surface area contributed by atoms with Crippen molar-refractivity contribution < 1.29 is 60.0 Å². The van der Waals surface area contributed by atoms with Crippen LogP contribution >= 0.6 is 0 Å². The van der Waals surface area contributed by atoms with Gasteiger partial charge in [0, 0.05) is 30.8 Å². The van der Waals surface area contributed by atoms with Crippen molar-refractivity contribution in [3.05, 3.63) is 52.6 Å². The first-order chi connectivity index (χ1) is 23.7. The van der Waals surface area contributed by atoms with Gasteiger partial charge in [-0.3, -0.25) is 9.80 Å². The average Bonchev–Trinajstić information content (AvgIpc) is 3.06. The summed E-state index contributed by atoms with van der Waals surface area (Å²) in [6.07, 6.45) is -4.11. The number of ether oxygens (including phenoxy) is 4. The number of fused-ring (bicyclic) bond motifs is 1. The molecule has 2 unspecified atom stereocenters. The summed E-state index contributed by atoms with van der Waals surface area (Å²) in [4.78, 5) is 28.9. The van der Waals surface area contributed by atoms with Gasteiger partial charge in [-0.2, -0.15) is 26.3 Å². The molecule has 2 amide bonds. The topological polar surface area (TPSA) is 97.8 Å². The zero-order valence-corrected chi connectivity index (χ0v) is 28.8. The Labute approximate surface area is 288 Å². The van der Waals surface area contributed by atoms with Crippen LogP contribution in [0.4, 0.5) is 41.6 Å². The molecule has 0 radical (unpaired) electrons. The first-order valence-corrected chi connectivity index (χ1v) is 16.7. The molecular formula is C35H46F6N2O7. The summed E-state index contributed by atoms with van der Waals surface area (Å²) in [5.74, 6) is 0.550. The fourth-order valence-electron chi connectivity index (χ4n) is 6.06. The van der Waals surface area contributed by atoms with Crippen molar-refractivity contribution in [1.29, 1.82) is 0 Å². The molecule has 3 rings (SSSR count). The maximum absolute atomic E-state index is 13.7. The highest BCUT2D eigenvalue weighted by Gasteiger charge is 2.42. The first kappa shape index (κ1) is 40.5. The molecule has 0 aromatic heterocycles. The Morgan fingerprint density at radius 3 is 1.96 bits per heavy atom. The van der Waals surface area contributed by atoms with Gasteiger partial charge in [0.25, 0.3) is 0 Å². The Bertz CT molecular complexity index is 1390. The van der Waals surface area contributed by atoms with Crippen LogP contribution in [0, 0.1) is 0 Å². The van der Waals surface area contributed by atoms with Crippen LogP contribution in [-0.2, 0) is 28.4 Å². The van der Waals surface area contributed by atoms with E-state index in [-0.39, 0.29) is 37.1 Å². The standard InChI is InChI=1S/C35H46F6N2O7/c1-5-49-33(46)43-23(2)16-28(42(32(45)48-4)22-24-17-25(34(36,37)38)19-26(18-24)35(39,40)41)27-20-30(47-3)31(21-29(27)43)50-15-13-11-9-7-6-8-10-12-14-44/h17-21,23,28,44H,5-16,22H2,1-4H3. The SMILES string of the molecule is CCOC(=O)N1c2cc(OCCCCCCCCCCO)c(OC)cc2C(N(Cc2cc(C(F)(F)F)cc(C(F)(F)F)c2)C(=O)OC)CC1C. The summed E-state index contributed by atoms with van der Waals surface area (Å²) < 4.78 is 104. The molecular weight excluding hydrogens is 674 g/mol. The summed E-state index contributed by atoms with van der Waals surface area (Å²) in [5, 5.41) is 8.89. The molecule has 2 atom stereocenters. The number of methoxy groups -OCH3 is 2. The number of rotatable bonds is 16. The molecule has 50 heavy (non-hydrogen) atoms. The quantitative estimate of drug-likeness (QED) is 0.136. The molecule has 0 saturated heterocycles. The first-order valence-electron chi connectivity index (χ1n) is 16.7. The van der Waals surface area contributed by atoms with Crippen LogP contribution in [0.3, 0.4) is 0 Å². The molecule has 9 nitrogen and oxygen atoms in total. The van der Waals surface area contributed by atoms with Crippen LogP contribution in [0.2, 0.25) is 0 Å². The van der Waals surface area contributed by atoms with E-state index in [2.05, 4.69) is 0 Å². The number of benzene rings is 2. The molecule has 0 bridgehead atoms. The van der Waals surface area contributed by atoms with E-state index in [9.17, 15) is 35.9 Å². The van der Waals surface area contributed by atoms with Crippen molar-refractivity contribution in [3.63, 3.8) is 0 Å². The summed E-state index contributed by atoms with van der Waals surface area (Å²) in [6.45, 7) is 3.25. The maximum Gasteiger partial charge on any atom is 0.416 e. The molecule has 2 aromatic carbocycles. The van der Waals surface area contributed by atoms with E-state index in [0.29, 0.717) is 30.1 Å². The third kappa shape index (κ3) is 10.8. The molecule has 0 aliphatic carbocycles. The Kier molecular flexibility index (Phi) is 14.9. The van der Waals surface area contributed by atoms with E-state index in [4.69, 9.17) is 24.1 Å². The second-order valence-corrected chi connectivity index (χ2v) is 12.1. The van der Waals surface area contributed by atoms with E-state index in [1.807, 2.05) is 0 Å². The number of carbonyl (C=O) groups is 2. The average molecular weight is 721 g/mol. The van der Waals surface area contributed by atoms with Gasteiger partial charge in [-0.25, -0.2) is 9.59 Å². The predicted octanol–water partition coefficient (Wildman–Crippen LogP) is 9.29. The largest absolute Gasteiger partial charge is 0.493 e. The molecule has 1 N–H and O–H groups in total. The number of nitrogens with zero attached hydrogens (tertiary/aromatic N) is 2. The van der Waals surface area contributed by atoms with Crippen LogP contribution in [0.15, 0.2) is 30.3 Å². The minimum absolute atomic E-state index is 0.0224. The summed E-state index contributed by atoms with van der Waals surface area (Å²) in [6, 6.07) is 2.66. The lowest BCUT2D eigenvalue weighted by Crippen LogP contribution is -2.47. The summed E-state index contributed by atoms with van der Waals surface area (Å²) >= 11 is 0. The van der Waals surface area contributed by atoms with Gasteiger partial charge in [-0.1, -0.05) is 38.5 Å². The number of alkyl halides is 6. The van der Waals surface area contributed by atoms with E-state index in [1.165, 1.54) is 12.0 Å². The minimum Gasteiger partial charge on any atom is -0.493 e. The molecule has 1 aliphatic heterocycles.